The minimum Gasteiger partial charge on any atom is -0.457 e. The highest BCUT2D eigenvalue weighted by Crippen LogP contribution is 2.68. The summed E-state index contributed by atoms with van der Waals surface area (Å²) in [6.45, 7) is 2.55. The van der Waals surface area contributed by atoms with E-state index in [9.17, 15) is 0 Å². The van der Waals surface area contributed by atoms with Crippen LogP contribution in [0.4, 0.5) is 0 Å². The second-order valence-corrected chi connectivity index (χ2v) is 18.4. The van der Waals surface area contributed by atoms with Gasteiger partial charge < -0.3 is 4.74 Å². The number of fused-ring (bicyclic) bond motifs is 12. The maximum atomic E-state index is 6.61. The quantitative estimate of drug-likeness (QED) is 0.179. The maximum absolute atomic E-state index is 6.61. The van der Waals surface area contributed by atoms with E-state index in [0.29, 0.717) is 5.41 Å². The van der Waals surface area contributed by atoms with Gasteiger partial charge >= 0.3 is 0 Å². The summed E-state index contributed by atoms with van der Waals surface area (Å²) < 4.78 is 6.61. The van der Waals surface area contributed by atoms with Crippen LogP contribution in [0.15, 0.2) is 158 Å². The summed E-state index contributed by atoms with van der Waals surface area (Å²) in [6.07, 6.45) is 7.60. The average molecular weight is 762 g/mol. The van der Waals surface area contributed by atoms with Crippen molar-refractivity contribution in [3.63, 3.8) is 0 Å². The van der Waals surface area contributed by atoms with Crippen LogP contribution < -0.4 is 4.74 Å². The molecule has 3 fully saturated rings. The zero-order valence-corrected chi connectivity index (χ0v) is 33.2. The molecule has 4 nitrogen and oxygen atoms in total. The molecule has 13 rings (SSSR count). The lowest BCUT2D eigenvalue weighted by Gasteiger charge is -2.45. The van der Waals surface area contributed by atoms with E-state index in [1.165, 1.54) is 88.2 Å². The number of hydrogen-bond acceptors (Lipinski definition) is 4. The topological polar surface area (TPSA) is 47.9 Å². The smallest absolute Gasteiger partial charge is 0.163 e. The van der Waals surface area contributed by atoms with E-state index in [1.54, 1.807) is 0 Å². The molecule has 2 heterocycles. The Morgan fingerprint density at radius 1 is 0.508 bits per heavy atom. The molecule has 1 aliphatic heterocycles. The Bertz CT molecular complexity index is 3010. The van der Waals surface area contributed by atoms with E-state index in [0.717, 1.165) is 57.5 Å². The van der Waals surface area contributed by atoms with Gasteiger partial charge in [-0.05, 0) is 118 Å². The van der Waals surface area contributed by atoms with Crippen LogP contribution >= 0.6 is 0 Å². The summed E-state index contributed by atoms with van der Waals surface area (Å²) in [7, 11) is 0. The zero-order chi connectivity index (χ0) is 38.9. The molecule has 0 radical (unpaired) electrons. The standard InChI is InChI=1S/C55H43N3O/c1-53-30-34-24-27-40(53)32-54(31-34,33-53)52-57-50(56-51(58-52)39-26-25-35-12-2-3-13-36(35)28-39)38-15-10-14-37(29-38)41-17-11-21-46-49(41)42-16-4-5-18-43(42)55(46)44-19-6-8-22-47(44)59-48-23-9-7-20-45(48)55/h2-23,25-26,28-29,34,40H,24,27,30-33H2,1H3/t34-,40?,53+,54?/m0/s1. The van der Waals surface area contributed by atoms with E-state index < -0.39 is 5.41 Å². The van der Waals surface area contributed by atoms with Gasteiger partial charge in [-0.3, -0.25) is 0 Å². The molecule has 3 saturated carbocycles. The molecule has 4 heteroatoms. The van der Waals surface area contributed by atoms with Gasteiger partial charge in [0, 0.05) is 27.7 Å². The first-order chi connectivity index (χ1) is 29.0. The van der Waals surface area contributed by atoms with E-state index in [-0.39, 0.29) is 5.41 Å². The minimum absolute atomic E-state index is 0.00565. The lowest BCUT2D eigenvalue weighted by atomic mass is 9.60. The Kier molecular flexibility index (Phi) is 6.87. The first kappa shape index (κ1) is 33.6. The monoisotopic (exact) mass is 761 g/mol. The molecule has 0 saturated heterocycles. The van der Waals surface area contributed by atoms with Crippen molar-refractivity contribution in [3.8, 4) is 56.5 Å². The number of hydrogen-bond donors (Lipinski definition) is 0. The first-order valence-corrected chi connectivity index (χ1v) is 21.5. The van der Waals surface area contributed by atoms with Crippen LogP contribution in [-0.2, 0) is 10.8 Å². The second kappa shape index (κ2) is 12.1. The van der Waals surface area contributed by atoms with Gasteiger partial charge in [0.25, 0.3) is 0 Å². The number of rotatable bonds is 4. The molecule has 0 N–H and O–H groups in total. The Morgan fingerprint density at radius 2 is 1.15 bits per heavy atom. The zero-order valence-electron chi connectivity index (χ0n) is 33.2. The number of ether oxygens (including phenoxy) is 1. The van der Waals surface area contributed by atoms with Crippen molar-refractivity contribution in [1.82, 2.24) is 15.0 Å². The van der Waals surface area contributed by atoms with Crippen molar-refractivity contribution in [2.24, 2.45) is 17.3 Å². The average Bonchev–Trinajstić information content (AvgIpc) is 3.62. The lowest BCUT2D eigenvalue weighted by molar-refractivity contribution is 0.0697. The molecule has 4 aliphatic carbocycles. The molecule has 284 valence electrons. The second-order valence-electron chi connectivity index (χ2n) is 18.4. The van der Waals surface area contributed by atoms with Gasteiger partial charge in [0.05, 0.1) is 5.41 Å². The fraction of sp³-hybridized carbons (Fsp3) is 0.218. The molecular weight excluding hydrogens is 719 g/mol. The molecular formula is C55H43N3O. The predicted octanol–water partition coefficient (Wildman–Crippen LogP) is 13.4. The number of nitrogens with zero attached hydrogens (tertiary/aromatic N) is 3. The highest BCUT2D eigenvalue weighted by molar-refractivity contribution is 5.97. The van der Waals surface area contributed by atoms with E-state index in [2.05, 4.69) is 165 Å². The Labute approximate surface area is 345 Å². The summed E-state index contributed by atoms with van der Waals surface area (Å²) in [4.78, 5) is 16.4. The summed E-state index contributed by atoms with van der Waals surface area (Å²) >= 11 is 0. The molecule has 2 unspecified atom stereocenters. The third-order valence-electron chi connectivity index (χ3n) is 15.1. The fourth-order valence-electron chi connectivity index (χ4n) is 12.9. The normalized spacial score (nSPS) is 23.7. The van der Waals surface area contributed by atoms with Gasteiger partial charge in [-0.1, -0.05) is 147 Å². The van der Waals surface area contributed by atoms with Crippen molar-refractivity contribution in [3.05, 3.63) is 186 Å². The van der Waals surface area contributed by atoms with Gasteiger partial charge in [-0.2, -0.15) is 0 Å². The predicted molar refractivity (Wildman–Crippen MR) is 235 cm³/mol. The third kappa shape index (κ3) is 4.69. The Morgan fingerprint density at radius 3 is 1.97 bits per heavy atom. The molecule has 1 spiro atoms. The van der Waals surface area contributed by atoms with Gasteiger partial charge in [0.2, 0.25) is 0 Å². The molecule has 7 aromatic carbocycles. The first-order valence-electron chi connectivity index (χ1n) is 21.5. The maximum Gasteiger partial charge on any atom is 0.163 e. The van der Waals surface area contributed by atoms with Crippen LogP contribution in [-0.4, -0.2) is 15.0 Å². The molecule has 3 bridgehead atoms. The van der Waals surface area contributed by atoms with Crippen molar-refractivity contribution in [2.45, 2.75) is 56.3 Å². The van der Waals surface area contributed by atoms with E-state index in [1.807, 2.05) is 0 Å². The van der Waals surface area contributed by atoms with Crippen molar-refractivity contribution in [1.29, 1.82) is 0 Å². The number of aromatic nitrogens is 3. The van der Waals surface area contributed by atoms with Gasteiger partial charge in [-0.25, -0.2) is 15.0 Å². The van der Waals surface area contributed by atoms with Gasteiger partial charge in [-0.15, -0.1) is 0 Å². The molecule has 59 heavy (non-hydrogen) atoms. The third-order valence-corrected chi connectivity index (χ3v) is 15.1. The summed E-state index contributed by atoms with van der Waals surface area (Å²) in [5.74, 6) is 5.85. The SMILES string of the molecule is C[C@]12C[C@@H]3CCC1CC(c1nc(-c4cccc(-c5cccc6c5-c5ccccc5C65c6ccccc6Oc6ccccc65)c4)nc(-c4ccc5ccccc5c4)n1)(C3)C2. The van der Waals surface area contributed by atoms with Crippen molar-refractivity contribution < 1.29 is 4.74 Å². The van der Waals surface area contributed by atoms with E-state index in [4.69, 9.17) is 19.7 Å². The number of para-hydroxylation sites is 2. The highest BCUT2D eigenvalue weighted by Gasteiger charge is 2.61. The van der Waals surface area contributed by atoms with E-state index >= 15 is 0 Å². The molecule has 0 amide bonds. The van der Waals surface area contributed by atoms with Crippen LogP contribution in [0.1, 0.15) is 73.5 Å². The molecule has 4 atom stereocenters. The van der Waals surface area contributed by atoms with Crippen LogP contribution in [0.3, 0.4) is 0 Å². The van der Waals surface area contributed by atoms with Gasteiger partial charge in [0.1, 0.15) is 17.3 Å². The van der Waals surface area contributed by atoms with Crippen LogP contribution in [0, 0.1) is 17.3 Å². The Balaban J connectivity index is 1.00. The minimum atomic E-state index is -0.517. The van der Waals surface area contributed by atoms with Crippen molar-refractivity contribution in [2.75, 3.05) is 0 Å². The van der Waals surface area contributed by atoms with Crippen LogP contribution in [0.25, 0.3) is 55.8 Å². The fourth-order valence-corrected chi connectivity index (χ4v) is 12.9. The van der Waals surface area contributed by atoms with Crippen LogP contribution in [0.5, 0.6) is 11.5 Å². The summed E-state index contributed by atoms with van der Waals surface area (Å²) in [5.41, 5.74) is 11.7. The van der Waals surface area contributed by atoms with Gasteiger partial charge in [0.15, 0.2) is 11.6 Å². The highest BCUT2D eigenvalue weighted by atomic mass is 16.5. The van der Waals surface area contributed by atoms with Crippen LogP contribution in [0.2, 0.25) is 0 Å². The Hall–Kier alpha value is -6.39. The molecule has 5 aliphatic rings. The largest absolute Gasteiger partial charge is 0.457 e. The summed E-state index contributed by atoms with van der Waals surface area (Å²) in [6, 6.07) is 57.2. The lowest BCUT2D eigenvalue weighted by Crippen LogP contribution is -2.38. The van der Waals surface area contributed by atoms with Crippen molar-refractivity contribution >= 4 is 10.8 Å². The summed E-state index contributed by atoms with van der Waals surface area (Å²) in [5, 5.41) is 2.42. The molecule has 1 aromatic heterocycles. The molecule has 8 aromatic rings. The number of benzene rings is 7.